The monoisotopic (exact) mass is 208 g/mol. The number of nitrogens with two attached hydrogens (primary N) is 1. The number of rotatable bonds is 1. The number of pyridine rings is 1. The largest absolute Gasteiger partial charge is 0.394 e. The quantitative estimate of drug-likeness (QED) is 0.720. The predicted molar refractivity (Wildman–Crippen MR) is 58.6 cm³/mol. The fourth-order valence-corrected chi connectivity index (χ4v) is 2.20. The van der Waals surface area contributed by atoms with E-state index < -0.39 is 6.10 Å². The molecule has 1 aromatic heterocycles. The molecule has 0 spiro atoms. The molecule has 1 saturated carbocycles. The van der Waals surface area contributed by atoms with Gasteiger partial charge in [-0.3, -0.25) is 4.79 Å². The maximum Gasteiger partial charge on any atom is 0.274 e. The average molecular weight is 208 g/mol. The summed E-state index contributed by atoms with van der Waals surface area (Å²) in [6, 6.07) is 3.24. The van der Waals surface area contributed by atoms with Crippen LogP contribution in [-0.2, 0) is 0 Å². The molecule has 0 saturated heterocycles. The lowest BCUT2D eigenvalue weighted by Crippen LogP contribution is -2.35. The molecule has 1 aromatic rings. The van der Waals surface area contributed by atoms with Crippen LogP contribution in [0.3, 0.4) is 0 Å². The first-order chi connectivity index (χ1) is 7.20. The Kier molecular flexibility index (Phi) is 2.77. The van der Waals surface area contributed by atoms with E-state index in [0.29, 0.717) is 0 Å². The van der Waals surface area contributed by atoms with Crippen LogP contribution in [0.2, 0.25) is 0 Å². The molecule has 1 fully saturated rings. The Hall–Kier alpha value is -1.29. The van der Waals surface area contributed by atoms with E-state index in [-0.39, 0.29) is 17.3 Å². The molecule has 15 heavy (non-hydrogen) atoms. The molecular formula is C11H16N2O2. The number of hydrogen-bond acceptors (Lipinski definition) is 3. The second-order valence-corrected chi connectivity index (χ2v) is 4.10. The molecule has 4 nitrogen and oxygen atoms in total. The van der Waals surface area contributed by atoms with Gasteiger partial charge in [0.2, 0.25) is 0 Å². The van der Waals surface area contributed by atoms with Crippen molar-refractivity contribution < 1.29 is 5.11 Å². The molecule has 2 rings (SSSR count). The average Bonchev–Trinajstić information content (AvgIpc) is 2.23. The summed E-state index contributed by atoms with van der Waals surface area (Å²) in [5.41, 5.74) is 5.61. The van der Waals surface area contributed by atoms with Crippen molar-refractivity contribution in [2.24, 2.45) is 0 Å². The molecule has 1 aliphatic rings. The van der Waals surface area contributed by atoms with Crippen molar-refractivity contribution >= 4 is 5.69 Å². The van der Waals surface area contributed by atoms with Gasteiger partial charge in [-0.25, -0.2) is 0 Å². The third-order valence-electron chi connectivity index (χ3n) is 3.06. The van der Waals surface area contributed by atoms with Crippen molar-refractivity contribution in [3.05, 3.63) is 28.7 Å². The minimum atomic E-state index is -0.418. The van der Waals surface area contributed by atoms with Gasteiger partial charge in [-0.2, -0.15) is 0 Å². The minimum absolute atomic E-state index is 0.102. The second kappa shape index (κ2) is 4.06. The molecule has 1 aliphatic carbocycles. The van der Waals surface area contributed by atoms with Gasteiger partial charge in [-0.15, -0.1) is 0 Å². The number of anilines is 1. The zero-order valence-corrected chi connectivity index (χ0v) is 8.60. The van der Waals surface area contributed by atoms with Crippen molar-refractivity contribution in [3.8, 4) is 0 Å². The topological polar surface area (TPSA) is 68.2 Å². The first-order valence-corrected chi connectivity index (χ1v) is 5.35. The fourth-order valence-electron chi connectivity index (χ4n) is 2.20. The molecule has 2 atom stereocenters. The number of aliphatic hydroxyl groups excluding tert-OH is 1. The molecule has 0 radical (unpaired) electrons. The first kappa shape index (κ1) is 10.2. The van der Waals surface area contributed by atoms with Gasteiger partial charge in [-0.1, -0.05) is 12.8 Å². The maximum atomic E-state index is 11.7. The van der Waals surface area contributed by atoms with Gasteiger partial charge in [0.05, 0.1) is 17.8 Å². The normalized spacial score (nSPS) is 26.5. The third kappa shape index (κ3) is 1.90. The maximum absolute atomic E-state index is 11.7. The van der Waals surface area contributed by atoms with E-state index in [0.717, 1.165) is 25.7 Å². The first-order valence-electron chi connectivity index (χ1n) is 5.35. The molecule has 0 bridgehead atoms. The summed E-state index contributed by atoms with van der Waals surface area (Å²) in [5, 5.41) is 9.84. The predicted octanol–water partition coefficient (Wildman–Crippen LogP) is 0.906. The Morgan fingerprint density at radius 2 is 2.13 bits per heavy atom. The molecular weight excluding hydrogens is 192 g/mol. The van der Waals surface area contributed by atoms with E-state index in [4.69, 9.17) is 5.73 Å². The summed E-state index contributed by atoms with van der Waals surface area (Å²) in [5.74, 6) is 0. The number of aromatic nitrogens is 1. The number of hydrogen-bond donors (Lipinski definition) is 2. The minimum Gasteiger partial charge on any atom is -0.394 e. The van der Waals surface area contributed by atoms with E-state index in [2.05, 4.69) is 0 Å². The number of nitrogens with zero attached hydrogens (tertiary/aromatic N) is 1. The van der Waals surface area contributed by atoms with Gasteiger partial charge in [0.25, 0.3) is 5.56 Å². The molecule has 82 valence electrons. The summed E-state index contributed by atoms with van der Waals surface area (Å²) >= 11 is 0. The number of nitrogen functional groups attached to an aromatic ring is 1. The van der Waals surface area contributed by atoms with Crippen LogP contribution in [-0.4, -0.2) is 15.8 Å². The van der Waals surface area contributed by atoms with Crippen LogP contribution in [0.1, 0.15) is 31.7 Å². The van der Waals surface area contributed by atoms with Crippen LogP contribution in [0.5, 0.6) is 0 Å². The summed E-state index contributed by atoms with van der Waals surface area (Å²) < 4.78 is 1.57. The lowest BCUT2D eigenvalue weighted by Gasteiger charge is -2.29. The smallest absolute Gasteiger partial charge is 0.274 e. The highest BCUT2D eigenvalue weighted by Gasteiger charge is 2.25. The highest BCUT2D eigenvalue weighted by Crippen LogP contribution is 2.27. The highest BCUT2D eigenvalue weighted by molar-refractivity contribution is 5.33. The molecule has 3 N–H and O–H groups in total. The van der Waals surface area contributed by atoms with E-state index in [1.54, 1.807) is 22.9 Å². The van der Waals surface area contributed by atoms with Crippen LogP contribution in [0.15, 0.2) is 23.1 Å². The van der Waals surface area contributed by atoms with Gasteiger partial charge in [0, 0.05) is 6.20 Å². The van der Waals surface area contributed by atoms with Gasteiger partial charge in [0.15, 0.2) is 0 Å². The fraction of sp³-hybridized carbons (Fsp3) is 0.545. The summed E-state index contributed by atoms with van der Waals surface area (Å²) in [4.78, 5) is 11.7. The van der Waals surface area contributed by atoms with Crippen molar-refractivity contribution in [1.29, 1.82) is 0 Å². The Balaban J connectivity index is 2.36. The van der Waals surface area contributed by atoms with Crippen LogP contribution in [0.25, 0.3) is 0 Å². The Labute approximate surface area is 88.3 Å². The lowest BCUT2D eigenvalue weighted by atomic mass is 9.92. The molecule has 4 heteroatoms. The van der Waals surface area contributed by atoms with Crippen molar-refractivity contribution in [1.82, 2.24) is 4.57 Å². The van der Waals surface area contributed by atoms with E-state index in [9.17, 15) is 9.90 Å². The van der Waals surface area contributed by atoms with Crippen LogP contribution < -0.4 is 11.3 Å². The molecule has 0 amide bonds. The second-order valence-electron chi connectivity index (χ2n) is 4.10. The van der Waals surface area contributed by atoms with E-state index >= 15 is 0 Å². The SMILES string of the molecule is Nc1cccn(C2CCCC[C@H]2O)c1=O. The third-order valence-corrected chi connectivity index (χ3v) is 3.06. The lowest BCUT2D eigenvalue weighted by molar-refractivity contribution is 0.0739. The van der Waals surface area contributed by atoms with Crippen LogP contribution >= 0.6 is 0 Å². The van der Waals surface area contributed by atoms with Gasteiger partial charge >= 0.3 is 0 Å². The summed E-state index contributed by atoms with van der Waals surface area (Å²) in [7, 11) is 0. The summed E-state index contributed by atoms with van der Waals surface area (Å²) in [6.07, 6.45) is 5.00. The van der Waals surface area contributed by atoms with Gasteiger partial charge in [0.1, 0.15) is 0 Å². The number of aliphatic hydroxyl groups is 1. The molecule has 1 heterocycles. The van der Waals surface area contributed by atoms with Crippen LogP contribution in [0, 0.1) is 0 Å². The van der Waals surface area contributed by atoms with E-state index in [1.807, 2.05) is 0 Å². The highest BCUT2D eigenvalue weighted by atomic mass is 16.3. The van der Waals surface area contributed by atoms with Crippen molar-refractivity contribution in [2.45, 2.75) is 37.8 Å². The molecule has 0 aliphatic heterocycles. The zero-order chi connectivity index (χ0) is 10.8. The van der Waals surface area contributed by atoms with Crippen molar-refractivity contribution in [2.75, 3.05) is 5.73 Å². The standard InChI is InChI=1S/C11H16N2O2/c12-8-4-3-7-13(11(8)15)9-5-1-2-6-10(9)14/h3-4,7,9-10,14H,1-2,5-6,12H2/t9?,10-/m1/s1. The van der Waals surface area contributed by atoms with Crippen LogP contribution in [0.4, 0.5) is 5.69 Å². The molecule has 1 unspecified atom stereocenters. The van der Waals surface area contributed by atoms with E-state index in [1.165, 1.54) is 0 Å². The Bertz CT molecular complexity index is 400. The molecule has 0 aromatic carbocycles. The Morgan fingerprint density at radius 1 is 1.40 bits per heavy atom. The summed E-state index contributed by atoms with van der Waals surface area (Å²) in [6.45, 7) is 0. The van der Waals surface area contributed by atoms with Crippen molar-refractivity contribution in [3.63, 3.8) is 0 Å². The van der Waals surface area contributed by atoms with Gasteiger partial charge < -0.3 is 15.4 Å². The Morgan fingerprint density at radius 3 is 2.87 bits per heavy atom. The zero-order valence-electron chi connectivity index (χ0n) is 8.60. The van der Waals surface area contributed by atoms with Gasteiger partial charge in [-0.05, 0) is 25.0 Å².